The Kier molecular flexibility index (Phi) is 3.71. The van der Waals surface area contributed by atoms with Crippen LogP contribution in [0, 0.1) is 12.7 Å². The number of fused-ring (bicyclic) bond motifs is 1. The summed E-state index contributed by atoms with van der Waals surface area (Å²) in [4.78, 5) is 4.53. The summed E-state index contributed by atoms with van der Waals surface area (Å²) in [6.45, 7) is 3.35. The van der Waals surface area contributed by atoms with Gasteiger partial charge in [-0.15, -0.1) is 0 Å². The van der Waals surface area contributed by atoms with Crippen molar-refractivity contribution in [1.29, 1.82) is 0 Å². The van der Waals surface area contributed by atoms with Crippen LogP contribution < -0.4 is 5.73 Å². The van der Waals surface area contributed by atoms with Gasteiger partial charge in [0.05, 0.1) is 11.0 Å². The van der Waals surface area contributed by atoms with E-state index in [0.717, 1.165) is 17.9 Å². The molecule has 0 radical (unpaired) electrons. The lowest BCUT2D eigenvalue weighted by atomic mass is 10.1. The molecule has 3 rings (SSSR count). The SMILES string of the molecule is Cc1ccccc1Cn1c(CCN)nc2cc(F)ccc21. The molecule has 3 aromatic rings. The highest BCUT2D eigenvalue weighted by molar-refractivity contribution is 5.76. The molecular formula is C17H18FN3. The molecule has 0 bridgehead atoms. The summed E-state index contributed by atoms with van der Waals surface area (Å²) >= 11 is 0. The van der Waals surface area contributed by atoms with E-state index < -0.39 is 0 Å². The van der Waals surface area contributed by atoms with E-state index in [-0.39, 0.29) is 5.82 Å². The summed E-state index contributed by atoms with van der Waals surface area (Å²) in [5.41, 5.74) is 9.78. The van der Waals surface area contributed by atoms with Crippen LogP contribution in [0.15, 0.2) is 42.5 Å². The predicted octanol–water partition coefficient (Wildman–Crippen LogP) is 3.03. The van der Waals surface area contributed by atoms with Gasteiger partial charge in [-0.25, -0.2) is 9.37 Å². The first-order valence-corrected chi connectivity index (χ1v) is 7.08. The predicted molar refractivity (Wildman–Crippen MR) is 82.7 cm³/mol. The van der Waals surface area contributed by atoms with Crippen LogP contribution in [0.4, 0.5) is 4.39 Å². The molecule has 0 atom stereocenters. The molecule has 108 valence electrons. The zero-order valence-electron chi connectivity index (χ0n) is 12.0. The van der Waals surface area contributed by atoms with Gasteiger partial charge in [0, 0.05) is 19.0 Å². The highest BCUT2D eigenvalue weighted by Crippen LogP contribution is 2.20. The maximum absolute atomic E-state index is 13.4. The highest BCUT2D eigenvalue weighted by Gasteiger charge is 2.12. The monoisotopic (exact) mass is 283 g/mol. The first-order chi connectivity index (χ1) is 10.2. The Hall–Kier alpha value is -2.20. The van der Waals surface area contributed by atoms with Gasteiger partial charge in [-0.05, 0) is 36.7 Å². The zero-order valence-corrected chi connectivity index (χ0v) is 12.0. The third-order valence-corrected chi connectivity index (χ3v) is 3.75. The molecule has 0 aliphatic carbocycles. The molecule has 0 spiro atoms. The van der Waals surface area contributed by atoms with Gasteiger partial charge >= 0.3 is 0 Å². The van der Waals surface area contributed by atoms with Crippen molar-refractivity contribution in [2.45, 2.75) is 19.9 Å². The first kappa shape index (κ1) is 13.8. The van der Waals surface area contributed by atoms with Gasteiger partial charge in [0.15, 0.2) is 0 Å². The van der Waals surface area contributed by atoms with Gasteiger partial charge in [0.2, 0.25) is 0 Å². The summed E-state index contributed by atoms with van der Waals surface area (Å²) < 4.78 is 15.5. The van der Waals surface area contributed by atoms with E-state index in [1.165, 1.54) is 23.3 Å². The Balaban J connectivity index is 2.11. The van der Waals surface area contributed by atoms with Crippen LogP contribution in [0.5, 0.6) is 0 Å². The number of rotatable bonds is 4. The highest BCUT2D eigenvalue weighted by atomic mass is 19.1. The Labute approximate surface area is 123 Å². The second kappa shape index (κ2) is 5.66. The van der Waals surface area contributed by atoms with Crippen LogP contribution >= 0.6 is 0 Å². The molecule has 0 aliphatic rings. The molecule has 0 amide bonds. The number of benzene rings is 2. The topological polar surface area (TPSA) is 43.8 Å². The summed E-state index contributed by atoms with van der Waals surface area (Å²) in [5.74, 6) is 0.642. The Morgan fingerprint density at radius 2 is 2.00 bits per heavy atom. The molecule has 1 heterocycles. The second-order valence-corrected chi connectivity index (χ2v) is 5.21. The van der Waals surface area contributed by atoms with E-state index in [1.54, 1.807) is 6.07 Å². The number of nitrogens with two attached hydrogens (primary N) is 1. The quantitative estimate of drug-likeness (QED) is 0.800. The lowest BCUT2D eigenvalue weighted by molar-refractivity contribution is 0.629. The molecule has 1 aromatic heterocycles. The molecule has 2 aromatic carbocycles. The van der Waals surface area contributed by atoms with Crippen molar-refractivity contribution < 1.29 is 4.39 Å². The maximum atomic E-state index is 13.4. The second-order valence-electron chi connectivity index (χ2n) is 5.21. The fourth-order valence-electron chi connectivity index (χ4n) is 2.61. The number of nitrogens with zero attached hydrogens (tertiary/aromatic N) is 2. The third kappa shape index (κ3) is 2.67. The van der Waals surface area contributed by atoms with Crippen molar-refractivity contribution >= 4 is 11.0 Å². The van der Waals surface area contributed by atoms with Gasteiger partial charge < -0.3 is 10.3 Å². The molecule has 21 heavy (non-hydrogen) atoms. The number of hydrogen-bond acceptors (Lipinski definition) is 2. The summed E-state index contributed by atoms with van der Waals surface area (Å²) in [5, 5.41) is 0. The van der Waals surface area contributed by atoms with Gasteiger partial charge in [-0.3, -0.25) is 0 Å². The number of aryl methyl sites for hydroxylation is 1. The molecule has 2 N–H and O–H groups in total. The molecule has 0 fully saturated rings. The number of aromatic nitrogens is 2. The van der Waals surface area contributed by atoms with E-state index in [1.807, 2.05) is 12.1 Å². The minimum atomic E-state index is -0.262. The lowest BCUT2D eigenvalue weighted by Crippen LogP contribution is -2.11. The molecule has 3 nitrogen and oxygen atoms in total. The minimum absolute atomic E-state index is 0.262. The van der Waals surface area contributed by atoms with Crippen molar-refractivity contribution in [3.05, 3.63) is 65.2 Å². The zero-order chi connectivity index (χ0) is 14.8. The average Bonchev–Trinajstić information content (AvgIpc) is 2.79. The standard InChI is InChI=1S/C17H18FN3/c1-12-4-2-3-5-13(12)11-21-16-7-6-14(18)10-15(16)20-17(21)8-9-19/h2-7,10H,8-9,11,19H2,1H3. The molecular weight excluding hydrogens is 265 g/mol. The van der Waals surface area contributed by atoms with E-state index in [0.29, 0.717) is 18.5 Å². The van der Waals surface area contributed by atoms with Crippen LogP contribution in [0.1, 0.15) is 17.0 Å². The third-order valence-electron chi connectivity index (χ3n) is 3.75. The fraction of sp³-hybridized carbons (Fsp3) is 0.235. The van der Waals surface area contributed by atoms with Crippen LogP contribution in [0.25, 0.3) is 11.0 Å². The van der Waals surface area contributed by atoms with Crippen molar-refractivity contribution in [3.63, 3.8) is 0 Å². The van der Waals surface area contributed by atoms with Crippen LogP contribution in [-0.2, 0) is 13.0 Å². The Morgan fingerprint density at radius 1 is 1.19 bits per heavy atom. The maximum Gasteiger partial charge on any atom is 0.125 e. The first-order valence-electron chi connectivity index (χ1n) is 7.08. The van der Waals surface area contributed by atoms with Gasteiger partial charge in [-0.1, -0.05) is 24.3 Å². The number of imidazole rings is 1. The normalized spacial score (nSPS) is 11.2. The molecule has 0 saturated heterocycles. The van der Waals surface area contributed by atoms with Crippen molar-refractivity contribution in [2.24, 2.45) is 5.73 Å². The van der Waals surface area contributed by atoms with Crippen molar-refractivity contribution in [1.82, 2.24) is 9.55 Å². The van der Waals surface area contributed by atoms with E-state index >= 15 is 0 Å². The summed E-state index contributed by atoms with van der Waals surface area (Å²) in [7, 11) is 0. The lowest BCUT2D eigenvalue weighted by Gasteiger charge is -2.11. The number of hydrogen-bond donors (Lipinski definition) is 1. The van der Waals surface area contributed by atoms with E-state index in [9.17, 15) is 4.39 Å². The molecule has 0 aliphatic heterocycles. The Morgan fingerprint density at radius 3 is 2.76 bits per heavy atom. The van der Waals surface area contributed by atoms with Crippen LogP contribution in [0.3, 0.4) is 0 Å². The van der Waals surface area contributed by atoms with Crippen molar-refractivity contribution in [2.75, 3.05) is 6.54 Å². The molecule has 0 saturated carbocycles. The minimum Gasteiger partial charge on any atom is -0.330 e. The van der Waals surface area contributed by atoms with E-state index in [2.05, 4.69) is 28.6 Å². The smallest absolute Gasteiger partial charge is 0.125 e. The fourth-order valence-corrected chi connectivity index (χ4v) is 2.61. The molecule has 0 unspecified atom stereocenters. The number of halogens is 1. The van der Waals surface area contributed by atoms with Gasteiger partial charge in [0.1, 0.15) is 11.6 Å². The summed E-state index contributed by atoms with van der Waals surface area (Å²) in [6.07, 6.45) is 0.683. The van der Waals surface area contributed by atoms with E-state index in [4.69, 9.17) is 5.73 Å². The van der Waals surface area contributed by atoms with Gasteiger partial charge in [0.25, 0.3) is 0 Å². The van der Waals surface area contributed by atoms with Crippen LogP contribution in [-0.4, -0.2) is 16.1 Å². The van der Waals surface area contributed by atoms with Gasteiger partial charge in [-0.2, -0.15) is 0 Å². The van der Waals surface area contributed by atoms with Crippen LogP contribution in [0.2, 0.25) is 0 Å². The average molecular weight is 283 g/mol. The Bertz CT molecular complexity index is 777. The van der Waals surface area contributed by atoms with Crippen molar-refractivity contribution in [3.8, 4) is 0 Å². The largest absolute Gasteiger partial charge is 0.330 e. The molecule has 4 heteroatoms. The summed E-state index contributed by atoms with van der Waals surface area (Å²) in [6, 6.07) is 13.0.